The van der Waals surface area contributed by atoms with Crippen molar-refractivity contribution < 1.29 is 9.53 Å². The van der Waals surface area contributed by atoms with E-state index < -0.39 is 0 Å². The summed E-state index contributed by atoms with van der Waals surface area (Å²) in [6.45, 7) is 5.85. The number of H-pyrrole nitrogens is 1. The first-order chi connectivity index (χ1) is 15.7. The van der Waals surface area contributed by atoms with Gasteiger partial charge in [-0.05, 0) is 30.5 Å². The van der Waals surface area contributed by atoms with Crippen LogP contribution < -0.4 is 4.74 Å². The van der Waals surface area contributed by atoms with Gasteiger partial charge in [-0.1, -0.05) is 82.0 Å². The number of rotatable bonds is 11. The van der Waals surface area contributed by atoms with E-state index in [1.165, 1.54) is 12.8 Å². The number of benzene rings is 2. The van der Waals surface area contributed by atoms with Crippen LogP contribution in [0.4, 0.5) is 0 Å². The van der Waals surface area contributed by atoms with Gasteiger partial charge < -0.3 is 9.64 Å². The quantitative estimate of drug-likeness (QED) is 0.358. The number of ether oxygens (including phenoxy) is 1. The second kappa shape index (κ2) is 10.5. The molecule has 0 radical (unpaired) electrons. The number of amides is 1. The van der Waals surface area contributed by atoms with E-state index in [0.717, 1.165) is 67.0 Å². The van der Waals surface area contributed by atoms with Crippen LogP contribution in [-0.2, 0) is 0 Å². The summed E-state index contributed by atoms with van der Waals surface area (Å²) in [5.74, 6) is 0.915. The molecular formula is C27H33N3O2. The smallest absolute Gasteiger partial charge is 0.273 e. The summed E-state index contributed by atoms with van der Waals surface area (Å²) >= 11 is 0. The zero-order valence-corrected chi connectivity index (χ0v) is 19.1. The van der Waals surface area contributed by atoms with Gasteiger partial charge >= 0.3 is 0 Å². The molecule has 3 aromatic rings. The molecule has 5 nitrogen and oxygen atoms in total. The molecule has 1 unspecified atom stereocenters. The minimum Gasteiger partial charge on any atom is -0.494 e. The zero-order valence-electron chi connectivity index (χ0n) is 19.1. The lowest BCUT2D eigenvalue weighted by atomic mass is 9.96. The van der Waals surface area contributed by atoms with E-state index >= 15 is 0 Å². The number of fused-ring (bicyclic) bond motifs is 1. The Morgan fingerprint density at radius 3 is 2.38 bits per heavy atom. The van der Waals surface area contributed by atoms with Gasteiger partial charge in [0, 0.05) is 17.7 Å². The number of carbonyl (C=O) groups excluding carboxylic acids is 1. The lowest BCUT2D eigenvalue weighted by molar-refractivity contribution is 0.0740. The average molecular weight is 432 g/mol. The van der Waals surface area contributed by atoms with Crippen molar-refractivity contribution in [2.24, 2.45) is 0 Å². The number of unbranched alkanes of at least 4 members (excludes halogenated alkanes) is 4. The van der Waals surface area contributed by atoms with Crippen LogP contribution in [-0.4, -0.2) is 34.2 Å². The number of nitrogens with one attached hydrogen (secondary N) is 1. The summed E-state index contributed by atoms with van der Waals surface area (Å²) in [4.78, 5) is 15.3. The van der Waals surface area contributed by atoms with Gasteiger partial charge in [0.05, 0.1) is 18.3 Å². The molecule has 2 aromatic carbocycles. The van der Waals surface area contributed by atoms with Gasteiger partial charge in [0.15, 0.2) is 0 Å². The van der Waals surface area contributed by atoms with Gasteiger partial charge in [-0.3, -0.25) is 9.89 Å². The van der Waals surface area contributed by atoms with Crippen LogP contribution in [0.25, 0.3) is 11.3 Å². The van der Waals surface area contributed by atoms with Gasteiger partial charge in [-0.25, -0.2) is 0 Å². The molecule has 1 aliphatic rings. The molecule has 4 rings (SSSR count). The van der Waals surface area contributed by atoms with Crippen molar-refractivity contribution in [2.45, 2.75) is 58.4 Å². The first kappa shape index (κ1) is 22.1. The second-order valence-corrected chi connectivity index (χ2v) is 8.46. The predicted molar refractivity (Wildman–Crippen MR) is 128 cm³/mol. The summed E-state index contributed by atoms with van der Waals surface area (Å²) in [7, 11) is 0. The van der Waals surface area contributed by atoms with E-state index in [2.05, 4.69) is 36.2 Å². The molecule has 0 aliphatic carbocycles. The number of aromatic nitrogens is 2. The van der Waals surface area contributed by atoms with Crippen molar-refractivity contribution in [3.8, 4) is 17.0 Å². The third kappa shape index (κ3) is 4.57. The normalized spacial score (nSPS) is 15.2. The van der Waals surface area contributed by atoms with Crippen LogP contribution in [0.3, 0.4) is 0 Å². The lowest BCUT2D eigenvalue weighted by Gasteiger charge is -2.26. The summed E-state index contributed by atoms with van der Waals surface area (Å²) in [6, 6.07) is 18.2. The first-order valence-electron chi connectivity index (χ1n) is 11.9. The molecule has 1 atom stereocenters. The SMILES string of the molecule is CCCCCOc1ccc(C2c3c(-c4ccccc4)n[nH]c3C(=O)N2CCCCC)cc1. The van der Waals surface area contributed by atoms with E-state index in [4.69, 9.17) is 4.74 Å². The van der Waals surface area contributed by atoms with Gasteiger partial charge in [-0.2, -0.15) is 5.10 Å². The Kier molecular flexibility index (Phi) is 7.25. The predicted octanol–water partition coefficient (Wildman–Crippen LogP) is 6.38. The Balaban J connectivity index is 1.65. The maximum absolute atomic E-state index is 13.3. The van der Waals surface area contributed by atoms with Gasteiger partial charge in [-0.15, -0.1) is 0 Å². The standard InChI is InChI=1S/C27H33N3O2/c1-3-5-10-18-30-26(21-14-16-22(17-15-21)32-19-11-6-4-2)23-24(20-12-8-7-9-13-20)28-29-25(23)27(30)31/h7-9,12-17,26H,3-6,10-11,18-19H2,1-2H3,(H,28,29). The molecule has 1 aliphatic heterocycles. The van der Waals surface area contributed by atoms with Crippen molar-refractivity contribution in [3.05, 3.63) is 71.4 Å². The highest BCUT2D eigenvalue weighted by Gasteiger charge is 2.41. The molecule has 5 heteroatoms. The molecule has 2 heterocycles. The monoisotopic (exact) mass is 431 g/mol. The summed E-state index contributed by atoms with van der Waals surface area (Å²) in [5.41, 5.74) is 4.57. The fraction of sp³-hybridized carbons (Fsp3) is 0.407. The third-order valence-electron chi connectivity index (χ3n) is 6.13. The van der Waals surface area contributed by atoms with E-state index in [9.17, 15) is 4.79 Å². The van der Waals surface area contributed by atoms with Crippen LogP contribution >= 0.6 is 0 Å². The third-order valence-corrected chi connectivity index (χ3v) is 6.13. The molecular weight excluding hydrogens is 398 g/mol. The average Bonchev–Trinajstić information content (AvgIpc) is 3.37. The van der Waals surface area contributed by atoms with Gasteiger partial charge in [0.25, 0.3) is 5.91 Å². The lowest BCUT2D eigenvalue weighted by Crippen LogP contribution is -2.30. The molecule has 0 bridgehead atoms. The van der Waals surface area contributed by atoms with Crippen molar-refractivity contribution >= 4 is 5.91 Å². The molecule has 0 fully saturated rings. The fourth-order valence-electron chi connectivity index (χ4n) is 4.41. The van der Waals surface area contributed by atoms with Gasteiger partial charge in [0.2, 0.25) is 0 Å². The van der Waals surface area contributed by atoms with Crippen LogP contribution in [0.5, 0.6) is 5.75 Å². The summed E-state index contributed by atoms with van der Waals surface area (Å²) < 4.78 is 5.90. The van der Waals surface area contributed by atoms with Crippen molar-refractivity contribution in [1.82, 2.24) is 15.1 Å². The van der Waals surface area contributed by atoms with Crippen molar-refractivity contribution in [2.75, 3.05) is 13.2 Å². The largest absolute Gasteiger partial charge is 0.494 e. The summed E-state index contributed by atoms with van der Waals surface area (Å²) in [6.07, 6.45) is 6.66. The van der Waals surface area contributed by atoms with Crippen molar-refractivity contribution in [1.29, 1.82) is 0 Å². The molecule has 1 N–H and O–H groups in total. The maximum atomic E-state index is 13.3. The Morgan fingerprint density at radius 1 is 0.938 bits per heavy atom. The number of nitrogens with zero attached hydrogens (tertiary/aromatic N) is 2. The highest BCUT2D eigenvalue weighted by molar-refractivity contribution is 6.00. The van der Waals surface area contributed by atoms with E-state index in [-0.39, 0.29) is 11.9 Å². The first-order valence-corrected chi connectivity index (χ1v) is 11.9. The number of hydrogen-bond donors (Lipinski definition) is 1. The molecule has 32 heavy (non-hydrogen) atoms. The number of aromatic amines is 1. The number of carbonyl (C=O) groups is 1. The molecule has 1 amide bonds. The highest BCUT2D eigenvalue weighted by atomic mass is 16.5. The van der Waals surface area contributed by atoms with Gasteiger partial charge in [0.1, 0.15) is 11.4 Å². The Hall–Kier alpha value is -3.08. The van der Waals surface area contributed by atoms with E-state index in [0.29, 0.717) is 5.69 Å². The second-order valence-electron chi connectivity index (χ2n) is 8.46. The molecule has 0 saturated carbocycles. The highest BCUT2D eigenvalue weighted by Crippen LogP contribution is 2.43. The number of hydrogen-bond acceptors (Lipinski definition) is 3. The fourth-order valence-corrected chi connectivity index (χ4v) is 4.41. The molecule has 1 aromatic heterocycles. The minimum atomic E-state index is -0.141. The Bertz CT molecular complexity index is 1010. The molecule has 0 spiro atoms. The Labute approximate surface area is 190 Å². The molecule has 168 valence electrons. The van der Waals surface area contributed by atoms with Crippen LogP contribution in [0.15, 0.2) is 54.6 Å². The van der Waals surface area contributed by atoms with Crippen LogP contribution in [0.1, 0.15) is 80.0 Å². The molecule has 0 saturated heterocycles. The maximum Gasteiger partial charge on any atom is 0.273 e. The zero-order chi connectivity index (χ0) is 22.3. The van der Waals surface area contributed by atoms with E-state index in [1.54, 1.807) is 0 Å². The van der Waals surface area contributed by atoms with Crippen LogP contribution in [0.2, 0.25) is 0 Å². The minimum absolute atomic E-state index is 0.0377. The Morgan fingerprint density at radius 2 is 1.66 bits per heavy atom. The topological polar surface area (TPSA) is 58.2 Å². The van der Waals surface area contributed by atoms with Crippen molar-refractivity contribution in [3.63, 3.8) is 0 Å². The summed E-state index contributed by atoms with van der Waals surface area (Å²) in [5, 5.41) is 7.58. The van der Waals surface area contributed by atoms with Crippen LogP contribution in [0, 0.1) is 0 Å². The van der Waals surface area contributed by atoms with E-state index in [1.807, 2.05) is 47.4 Å².